The van der Waals surface area contributed by atoms with Gasteiger partial charge in [-0.15, -0.1) is 24.0 Å². The Balaban J connectivity index is 0.00000364. The van der Waals surface area contributed by atoms with Crippen molar-refractivity contribution in [1.29, 1.82) is 0 Å². The van der Waals surface area contributed by atoms with Crippen molar-refractivity contribution in [3.05, 3.63) is 29.8 Å². The maximum absolute atomic E-state index is 11.5. The molecule has 0 spiro atoms. The number of hydrogen-bond acceptors (Lipinski definition) is 3. The van der Waals surface area contributed by atoms with Crippen molar-refractivity contribution in [3.63, 3.8) is 0 Å². The highest BCUT2D eigenvalue weighted by molar-refractivity contribution is 14.0. The summed E-state index contributed by atoms with van der Waals surface area (Å²) < 4.78 is 23.1. The van der Waals surface area contributed by atoms with Gasteiger partial charge in [0.2, 0.25) is 0 Å². The van der Waals surface area contributed by atoms with E-state index in [-0.39, 0.29) is 24.0 Å². The highest BCUT2D eigenvalue weighted by atomic mass is 127. The van der Waals surface area contributed by atoms with Crippen LogP contribution in [0.25, 0.3) is 0 Å². The lowest BCUT2D eigenvalue weighted by atomic mass is 9.78. The lowest BCUT2D eigenvalue weighted by Gasteiger charge is -2.42. The Morgan fingerprint density at radius 2 is 1.96 bits per heavy atom. The van der Waals surface area contributed by atoms with Gasteiger partial charge in [0.25, 0.3) is 0 Å². The fourth-order valence-corrected chi connectivity index (χ4v) is 4.49. The summed E-state index contributed by atoms with van der Waals surface area (Å²) in [6.45, 7) is 7.54. The number of nitrogens with one attached hydrogen (secondary N) is 1. The van der Waals surface area contributed by atoms with Gasteiger partial charge >= 0.3 is 0 Å². The Hall–Kier alpha value is -0.830. The van der Waals surface area contributed by atoms with Crippen LogP contribution >= 0.6 is 24.0 Å². The molecule has 1 saturated heterocycles. The number of likely N-dealkylation sites (tertiary alicyclic amines) is 1. The van der Waals surface area contributed by atoms with Crippen LogP contribution in [0, 0.1) is 5.41 Å². The predicted octanol–water partition coefficient (Wildman–Crippen LogP) is 3.73. The summed E-state index contributed by atoms with van der Waals surface area (Å²) in [6, 6.07) is 7.14. The zero-order valence-corrected chi connectivity index (χ0v) is 20.1. The Bertz CT molecular complexity index is 715. The first-order valence-electron chi connectivity index (χ1n) is 9.52. The smallest absolute Gasteiger partial charge is 0.193 e. The Kier molecular flexibility index (Phi) is 9.54. The third-order valence-electron chi connectivity index (χ3n) is 5.19. The molecule has 5 nitrogen and oxygen atoms in total. The molecule has 27 heavy (non-hydrogen) atoms. The van der Waals surface area contributed by atoms with E-state index >= 15 is 0 Å². The van der Waals surface area contributed by atoms with Crippen LogP contribution in [0.15, 0.2) is 34.2 Å². The number of hydrogen-bond donors (Lipinski definition) is 1. The summed E-state index contributed by atoms with van der Waals surface area (Å²) in [5.41, 5.74) is 1.50. The molecule has 154 valence electrons. The van der Waals surface area contributed by atoms with Crippen molar-refractivity contribution in [1.82, 2.24) is 10.2 Å². The number of halogens is 1. The van der Waals surface area contributed by atoms with E-state index in [1.54, 1.807) is 12.1 Å². The third-order valence-corrected chi connectivity index (χ3v) is 6.32. The standard InChI is InChI=1S/C20H33N3O2S.HI/c1-5-12-20(2)13-6-15-23(16-20)19(21-3)22-14-11-17-7-9-18(10-8-17)26(4,24)25;/h7-10H,5-6,11-16H2,1-4H3,(H,21,22);1H. The van der Waals surface area contributed by atoms with Gasteiger partial charge in [-0.05, 0) is 48.8 Å². The summed E-state index contributed by atoms with van der Waals surface area (Å²) in [5.74, 6) is 0.972. The second kappa shape index (κ2) is 10.6. The normalized spacial score (nSPS) is 20.9. The quantitative estimate of drug-likeness (QED) is 0.362. The topological polar surface area (TPSA) is 61.8 Å². The van der Waals surface area contributed by atoms with Crippen LogP contribution in [-0.4, -0.2) is 52.2 Å². The van der Waals surface area contributed by atoms with Crippen LogP contribution in [0.4, 0.5) is 0 Å². The minimum absolute atomic E-state index is 0. The van der Waals surface area contributed by atoms with E-state index in [2.05, 4.69) is 29.1 Å². The molecule has 1 aromatic carbocycles. The first-order chi connectivity index (χ1) is 12.3. The second-order valence-electron chi connectivity index (χ2n) is 7.73. The zero-order valence-electron chi connectivity index (χ0n) is 17.0. The van der Waals surface area contributed by atoms with E-state index in [1.807, 2.05) is 19.2 Å². The minimum Gasteiger partial charge on any atom is -0.356 e. The SMILES string of the molecule is CCCC1(C)CCCN(C(=NC)NCCc2ccc(S(C)(=O)=O)cc2)C1.I. The molecular formula is C20H34IN3O2S. The highest BCUT2D eigenvalue weighted by Gasteiger charge is 2.31. The molecule has 0 bridgehead atoms. The molecule has 0 aromatic heterocycles. The average Bonchev–Trinajstić information content (AvgIpc) is 2.58. The molecular weight excluding hydrogens is 473 g/mol. The van der Waals surface area contributed by atoms with Crippen LogP contribution < -0.4 is 5.32 Å². The van der Waals surface area contributed by atoms with Crippen LogP contribution in [0.3, 0.4) is 0 Å². The molecule has 0 radical (unpaired) electrons. The molecule has 1 aromatic rings. The molecule has 2 rings (SSSR count). The monoisotopic (exact) mass is 507 g/mol. The van der Waals surface area contributed by atoms with Crippen LogP contribution in [-0.2, 0) is 16.3 Å². The van der Waals surface area contributed by atoms with Crippen molar-refractivity contribution >= 4 is 39.8 Å². The van der Waals surface area contributed by atoms with Crippen LogP contribution in [0.2, 0.25) is 0 Å². The summed E-state index contributed by atoms with van der Waals surface area (Å²) in [4.78, 5) is 7.22. The van der Waals surface area contributed by atoms with Gasteiger partial charge in [0.1, 0.15) is 0 Å². The van der Waals surface area contributed by atoms with E-state index in [0.29, 0.717) is 10.3 Å². The number of nitrogens with zero attached hydrogens (tertiary/aromatic N) is 2. The predicted molar refractivity (Wildman–Crippen MR) is 124 cm³/mol. The molecule has 7 heteroatoms. The zero-order chi connectivity index (χ0) is 19.2. The van der Waals surface area contributed by atoms with Crippen molar-refractivity contribution in [2.24, 2.45) is 10.4 Å². The first kappa shape index (κ1) is 24.2. The molecule has 1 N–H and O–H groups in total. The van der Waals surface area contributed by atoms with Gasteiger partial charge < -0.3 is 10.2 Å². The van der Waals surface area contributed by atoms with Crippen molar-refractivity contribution in [2.45, 2.75) is 50.8 Å². The number of aliphatic imine (C=N–C) groups is 1. The Morgan fingerprint density at radius 1 is 1.30 bits per heavy atom. The van der Waals surface area contributed by atoms with Gasteiger partial charge in [0.15, 0.2) is 15.8 Å². The maximum atomic E-state index is 11.5. The van der Waals surface area contributed by atoms with E-state index in [1.165, 1.54) is 31.9 Å². The van der Waals surface area contributed by atoms with Gasteiger partial charge in [0, 0.05) is 32.9 Å². The molecule has 0 saturated carbocycles. The number of sulfone groups is 1. The number of rotatable bonds is 6. The van der Waals surface area contributed by atoms with Gasteiger partial charge in [0.05, 0.1) is 4.90 Å². The molecule has 1 unspecified atom stereocenters. The lowest BCUT2D eigenvalue weighted by Crippen LogP contribution is -2.50. The fraction of sp³-hybridized carbons (Fsp3) is 0.650. The van der Waals surface area contributed by atoms with Crippen molar-refractivity contribution in [2.75, 3.05) is 32.9 Å². The van der Waals surface area contributed by atoms with Crippen LogP contribution in [0.1, 0.15) is 45.1 Å². The first-order valence-corrected chi connectivity index (χ1v) is 11.4. The van der Waals surface area contributed by atoms with Gasteiger partial charge in [-0.1, -0.05) is 32.4 Å². The maximum Gasteiger partial charge on any atom is 0.193 e. The van der Waals surface area contributed by atoms with E-state index < -0.39 is 9.84 Å². The molecule has 1 atom stereocenters. The summed E-state index contributed by atoms with van der Waals surface area (Å²) in [7, 11) is -1.29. The van der Waals surface area contributed by atoms with E-state index in [9.17, 15) is 8.42 Å². The van der Waals surface area contributed by atoms with E-state index in [4.69, 9.17) is 0 Å². The van der Waals surface area contributed by atoms with Crippen LogP contribution in [0.5, 0.6) is 0 Å². The minimum atomic E-state index is -3.13. The van der Waals surface area contributed by atoms with Crippen molar-refractivity contribution < 1.29 is 8.42 Å². The molecule has 1 heterocycles. The number of benzene rings is 1. The molecule has 1 aliphatic rings. The van der Waals surface area contributed by atoms with Gasteiger partial charge in [-0.25, -0.2) is 8.42 Å². The average molecular weight is 507 g/mol. The molecule has 0 aliphatic carbocycles. The number of guanidine groups is 1. The summed E-state index contributed by atoms with van der Waals surface area (Å²) in [6.07, 6.45) is 7.06. The van der Waals surface area contributed by atoms with E-state index in [0.717, 1.165) is 37.6 Å². The van der Waals surface area contributed by atoms with Crippen molar-refractivity contribution in [3.8, 4) is 0 Å². The Morgan fingerprint density at radius 3 is 2.52 bits per heavy atom. The van der Waals surface area contributed by atoms with Gasteiger partial charge in [-0.3, -0.25) is 4.99 Å². The molecule has 0 amide bonds. The fourth-order valence-electron chi connectivity index (χ4n) is 3.86. The number of piperidine rings is 1. The van der Waals surface area contributed by atoms with Gasteiger partial charge in [-0.2, -0.15) is 0 Å². The molecule has 1 aliphatic heterocycles. The second-order valence-corrected chi connectivity index (χ2v) is 9.74. The Labute approximate surface area is 182 Å². The summed E-state index contributed by atoms with van der Waals surface area (Å²) >= 11 is 0. The molecule has 1 fully saturated rings. The summed E-state index contributed by atoms with van der Waals surface area (Å²) in [5, 5.41) is 3.47. The lowest BCUT2D eigenvalue weighted by molar-refractivity contribution is 0.142. The highest BCUT2D eigenvalue weighted by Crippen LogP contribution is 2.33. The largest absolute Gasteiger partial charge is 0.356 e. The third kappa shape index (κ3) is 7.25.